The molecule has 0 saturated heterocycles. The highest BCUT2D eigenvalue weighted by atomic mass is 35.5. The second-order valence-electron chi connectivity index (χ2n) is 2.80. The minimum atomic E-state index is -2.32. The maximum atomic E-state index is 12.8. The van der Waals surface area contributed by atoms with Crippen LogP contribution in [0.1, 0.15) is 5.56 Å². The molecule has 1 aromatic carbocycles. The van der Waals surface area contributed by atoms with Crippen LogP contribution in [0.5, 0.6) is 0 Å². The van der Waals surface area contributed by atoms with Crippen molar-refractivity contribution in [3.8, 4) is 0 Å². The van der Waals surface area contributed by atoms with Gasteiger partial charge in [0.2, 0.25) is 5.91 Å². The standard InChI is InChI=1S/C8H9ClFNO2/c9-6-2-1-5(3-7(6)10)4-8(11,12)13/h1-3,12-13H,4,11H2. The summed E-state index contributed by atoms with van der Waals surface area (Å²) in [6, 6.07) is 3.91. The Morgan fingerprint density at radius 1 is 1.46 bits per heavy atom. The summed E-state index contributed by atoms with van der Waals surface area (Å²) in [5, 5.41) is 17.6. The Morgan fingerprint density at radius 3 is 2.54 bits per heavy atom. The topological polar surface area (TPSA) is 66.5 Å². The van der Waals surface area contributed by atoms with Crippen LogP contribution in [0.2, 0.25) is 5.02 Å². The summed E-state index contributed by atoms with van der Waals surface area (Å²) >= 11 is 5.42. The quantitative estimate of drug-likeness (QED) is 0.620. The summed E-state index contributed by atoms with van der Waals surface area (Å²) in [5.41, 5.74) is 5.28. The van der Waals surface area contributed by atoms with Crippen molar-refractivity contribution in [1.82, 2.24) is 0 Å². The van der Waals surface area contributed by atoms with Gasteiger partial charge < -0.3 is 10.2 Å². The first-order valence-corrected chi connectivity index (χ1v) is 3.94. The van der Waals surface area contributed by atoms with Crippen molar-refractivity contribution in [2.45, 2.75) is 12.3 Å². The molecule has 0 heterocycles. The first kappa shape index (κ1) is 10.4. The highest BCUT2D eigenvalue weighted by Crippen LogP contribution is 2.17. The molecule has 1 aromatic rings. The van der Waals surface area contributed by atoms with Crippen molar-refractivity contribution in [3.63, 3.8) is 0 Å². The van der Waals surface area contributed by atoms with Gasteiger partial charge in [0.1, 0.15) is 5.82 Å². The molecule has 1 rings (SSSR count). The zero-order valence-electron chi connectivity index (χ0n) is 6.67. The van der Waals surface area contributed by atoms with Gasteiger partial charge in [-0.1, -0.05) is 17.7 Å². The van der Waals surface area contributed by atoms with Gasteiger partial charge in [-0.25, -0.2) is 4.39 Å². The number of benzene rings is 1. The Hall–Kier alpha value is -0.680. The van der Waals surface area contributed by atoms with Crippen LogP contribution in [-0.2, 0) is 6.42 Å². The summed E-state index contributed by atoms with van der Waals surface area (Å²) < 4.78 is 12.8. The summed E-state index contributed by atoms with van der Waals surface area (Å²) in [4.78, 5) is 0. The Bertz CT molecular complexity index is 312. The third-order valence-electron chi connectivity index (χ3n) is 1.45. The highest BCUT2D eigenvalue weighted by molar-refractivity contribution is 6.30. The first-order valence-electron chi connectivity index (χ1n) is 3.56. The van der Waals surface area contributed by atoms with E-state index in [1.54, 1.807) is 0 Å². The zero-order chi connectivity index (χ0) is 10.1. The maximum Gasteiger partial charge on any atom is 0.223 e. The van der Waals surface area contributed by atoms with Crippen LogP contribution in [0.15, 0.2) is 18.2 Å². The average Bonchev–Trinajstić information content (AvgIpc) is 1.94. The monoisotopic (exact) mass is 205 g/mol. The van der Waals surface area contributed by atoms with Gasteiger partial charge in [-0.05, 0) is 17.7 Å². The van der Waals surface area contributed by atoms with Gasteiger partial charge in [0.05, 0.1) is 5.02 Å². The van der Waals surface area contributed by atoms with E-state index in [0.29, 0.717) is 5.56 Å². The first-order chi connectivity index (χ1) is 5.88. The molecule has 0 atom stereocenters. The van der Waals surface area contributed by atoms with Gasteiger partial charge in [-0.3, -0.25) is 5.73 Å². The summed E-state index contributed by atoms with van der Waals surface area (Å²) in [6.45, 7) is 0. The minimum Gasteiger partial charge on any atom is -0.353 e. The molecule has 0 amide bonds. The van der Waals surface area contributed by atoms with Gasteiger partial charge >= 0.3 is 0 Å². The molecule has 0 bridgehead atoms. The predicted octanol–water partition coefficient (Wildman–Crippen LogP) is 0.619. The molecule has 0 fully saturated rings. The fourth-order valence-corrected chi connectivity index (χ4v) is 1.07. The van der Waals surface area contributed by atoms with E-state index >= 15 is 0 Å². The van der Waals surface area contributed by atoms with Gasteiger partial charge in [-0.2, -0.15) is 0 Å². The van der Waals surface area contributed by atoms with E-state index in [0.717, 1.165) is 6.07 Å². The van der Waals surface area contributed by atoms with Crippen molar-refractivity contribution in [3.05, 3.63) is 34.6 Å². The average molecular weight is 206 g/mol. The molecule has 0 aliphatic heterocycles. The molecule has 0 spiro atoms. The Kier molecular flexibility index (Phi) is 2.87. The van der Waals surface area contributed by atoms with Gasteiger partial charge in [-0.15, -0.1) is 0 Å². The molecule has 0 unspecified atom stereocenters. The van der Waals surface area contributed by atoms with Crippen LogP contribution in [0, 0.1) is 5.82 Å². The summed E-state index contributed by atoms with van der Waals surface area (Å²) in [5.74, 6) is -2.93. The number of hydrogen-bond acceptors (Lipinski definition) is 3. The summed E-state index contributed by atoms with van der Waals surface area (Å²) in [6.07, 6.45) is -0.249. The SMILES string of the molecule is NC(O)(O)Cc1ccc(Cl)c(F)c1. The normalized spacial score (nSPS) is 11.8. The zero-order valence-corrected chi connectivity index (χ0v) is 7.42. The van der Waals surface area contributed by atoms with E-state index in [9.17, 15) is 4.39 Å². The lowest BCUT2D eigenvalue weighted by Gasteiger charge is -2.15. The minimum absolute atomic E-state index is 0.0118. The molecule has 4 N–H and O–H groups in total. The van der Waals surface area contributed by atoms with Crippen molar-refractivity contribution in [1.29, 1.82) is 0 Å². The number of rotatable bonds is 2. The van der Waals surface area contributed by atoms with Crippen LogP contribution in [-0.4, -0.2) is 16.1 Å². The lowest BCUT2D eigenvalue weighted by atomic mass is 10.1. The molecule has 0 aliphatic carbocycles. The number of halogens is 2. The maximum absolute atomic E-state index is 12.8. The van der Waals surface area contributed by atoms with Crippen LogP contribution >= 0.6 is 11.6 Å². The van der Waals surface area contributed by atoms with Gasteiger partial charge in [0.15, 0.2) is 0 Å². The Morgan fingerprint density at radius 2 is 2.08 bits per heavy atom. The van der Waals surface area contributed by atoms with Crippen LogP contribution in [0.3, 0.4) is 0 Å². The second kappa shape index (κ2) is 3.59. The molecule has 72 valence electrons. The van der Waals surface area contributed by atoms with Crippen molar-refractivity contribution in [2.24, 2.45) is 5.73 Å². The van der Waals surface area contributed by atoms with E-state index in [2.05, 4.69) is 0 Å². The summed E-state index contributed by atoms with van der Waals surface area (Å²) in [7, 11) is 0. The second-order valence-corrected chi connectivity index (χ2v) is 3.21. The van der Waals surface area contributed by atoms with E-state index in [4.69, 9.17) is 27.5 Å². The van der Waals surface area contributed by atoms with E-state index in [1.165, 1.54) is 12.1 Å². The lowest BCUT2D eigenvalue weighted by Crippen LogP contribution is -2.41. The Labute approximate surface area is 79.6 Å². The smallest absolute Gasteiger partial charge is 0.223 e. The molecule has 5 heteroatoms. The molecule has 3 nitrogen and oxygen atoms in total. The molecule has 0 radical (unpaired) electrons. The fraction of sp³-hybridized carbons (Fsp3) is 0.250. The number of aliphatic hydroxyl groups is 2. The third-order valence-corrected chi connectivity index (χ3v) is 1.75. The predicted molar refractivity (Wildman–Crippen MR) is 46.5 cm³/mol. The molecule has 0 aromatic heterocycles. The van der Waals surface area contributed by atoms with Gasteiger partial charge in [0.25, 0.3) is 0 Å². The highest BCUT2D eigenvalue weighted by Gasteiger charge is 2.17. The van der Waals surface area contributed by atoms with E-state index in [-0.39, 0.29) is 11.4 Å². The van der Waals surface area contributed by atoms with Crippen LogP contribution < -0.4 is 5.73 Å². The molecule has 0 aliphatic rings. The lowest BCUT2D eigenvalue weighted by molar-refractivity contribution is -0.153. The molecule has 0 saturated carbocycles. The Balaban J connectivity index is 2.86. The number of nitrogens with two attached hydrogens (primary N) is 1. The molecular weight excluding hydrogens is 197 g/mol. The van der Waals surface area contributed by atoms with E-state index < -0.39 is 11.7 Å². The third kappa shape index (κ3) is 3.28. The molecule has 13 heavy (non-hydrogen) atoms. The van der Waals surface area contributed by atoms with Crippen LogP contribution in [0.4, 0.5) is 4.39 Å². The van der Waals surface area contributed by atoms with Crippen molar-refractivity contribution < 1.29 is 14.6 Å². The van der Waals surface area contributed by atoms with Gasteiger partial charge in [0, 0.05) is 6.42 Å². The molecular formula is C8H9ClFNO2. The van der Waals surface area contributed by atoms with Crippen LogP contribution in [0.25, 0.3) is 0 Å². The number of hydrogen-bond donors (Lipinski definition) is 3. The van der Waals surface area contributed by atoms with Crippen molar-refractivity contribution in [2.75, 3.05) is 0 Å². The largest absolute Gasteiger partial charge is 0.353 e. The van der Waals surface area contributed by atoms with E-state index in [1.807, 2.05) is 0 Å². The fourth-order valence-electron chi connectivity index (χ4n) is 0.950. The van der Waals surface area contributed by atoms with Crippen molar-refractivity contribution >= 4 is 11.6 Å².